The zero-order valence-corrected chi connectivity index (χ0v) is 17.6. The van der Waals surface area contributed by atoms with E-state index < -0.39 is 0 Å². The third kappa shape index (κ3) is 4.06. The number of para-hydroxylation sites is 1. The molecule has 4 aromatic rings. The quantitative estimate of drug-likeness (QED) is 0.357. The summed E-state index contributed by atoms with van der Waals surface area (Å²) in [6, 6.07) is 19.8. The third-order valence-corrected chi connectivity index (χ3v) is 6.15. The Hall–Kier alpha value is -3.52. The molecule has 0 aliphatic carbocycles. The van der Waals surface area contributed by atoms with Gasteiger partial charge in [0.1, 0.15) is 0 Å². The van der Waals surface area contributed by atoms with Crippen molar-refractivity contribution in [1.82, 2.24) is 29.9 Å². The fourth-order valence-corrected chi connectivity index (χ4v) is 4.48. The minimum atomic E-state index is -0.0961. The number of carbonyl (C=O) groups excluding carboxylic acids is 1. The summed E-state index contributed by atoms with van der Waals surface area (Å²) >= 11 is 1.46. The van der Waals surface area contributed by atoms with Crippen molar-refractivity contribution in [2.75, 3.05) is 6.54 Å². The van der Waals surface area contributed by atoms with Gasteiger partial charge in [0.15, 0.2) is 10.9 Å². The molecule has 31 heavy (non-hydrogen) atoms. The highest BCUT2D eigenvalue weighted by atomic mass is 32.2. The number of nitrogens with zero attached hydrogens (tertiary/aromatic N) is 6. The maximum Gasteiger partial charge on any atom is 0.276 e. The van der Waals surface area contributed by atoms with Crippen LogP contribution < -0.4 is 0 Å². The first-order valence-corrected chi connectivity index (χ1v) is 11.0. The molecule has 7 nitrogen and oxygen atoms in total. The zero-order chi connectivity index (χ0) is 21.0. The van der Waals surface area contributed by atoms with Crippen LogP contribution in [0.4, 0.5) is 0 Å². The molecule has 2 aromatic carbocycles. The van der Waals surface area contributed by atoms with Crippen LogP contribution in [0.3, 0.4) is 0 Å². The zero-order valence-electron chi connectivity index (χ0n) is 16.8. The van der Waals surface area contributed by atoms with Crippen molar-refractivity contribution < 1.29 is 4.79 Å². The molecule has 0 bridgehead atoms. The summed E-state index contributed by atoms with van der Waals surface area (Å²) in [6.07, 6.45) is 4.26. The molecule has 0 radical (unpaired) electrons. The van der Waals surface area contributed by atoms with Crippen LogP contribution in [0.25, 0.3) is 5.69 Å². The van der Waals surface area contributed by atoms with Gasteiger partial charge in [0.25, 0.3) is 5.91 Å². The molecule has 0 unspecified atom stereocenters. The highest BCUT2D eigenvalue weighted by Crippen LogP contribution is 2.25. The minimum Gasteiger partial charge on any atom is -0.333 e. The highest BCUT2D eigenvalue weighted by molar-refractivity contribution is 7.98. The topological polar surface area (TPSA) is 76.8 Å². The number of amides is 1. The van der Waals surface area contributed by atoms with Crippen LogP contribution in [0.15, 0.2) is 78.2 Å². The van der Waals surface area contributed by atoms with E-state index in [1.165, 1.54) is 22.9 Å². The number of hydrogen-bond donors (Lipinski definition) is 0. The lowest BCUT2D eigenvalue weighted by atomic mass is 10.00. The van der Waals surface area contributed by atoms with E-state index in [0.717, 1.165) is 17.8 Å². The number of carbonyl (C=O) groups is 1. The first-order valence-electron chi connectivity index (χ1n) is 10.1. The predicted octanol–water partition coefficient (Wildman–Crippen LogP) is 3.55. The molecule has 154 valence electrons. The van der Waals surface area contributed by atoms with Crippen LogP contribution in [0.2, 0.25) is 0 Å². The summed E-state index contributed by atoms with van der Waals surface area (Å²) in [7, 11) is 0. The van der Waals surface area contributed by atoms with Crippen LogP contribution in [0, 0.1) is 0 Å². The Balaban J connectivity index is 1.46. The maximum atomic E-state index is 13.5. The van der Waals surface area contributed by atoms with E-state index in [1.54, 1.807) is 23.1 Å². The maximum absolute atomic E-state index is 13.5. The lowest BCUT2D eigenvalue weighted by Crippen LogP contribution is -2.36. The Labute approximate surface area is 184 Å². The first-order chi connectivity index (χ1) is 15.3. The van der Waals surface area contributed by atoms with Crippen LogP contribution in [0.5, 0.6) is 0 Å². The Morgan fingerprint density at radius 3 is 2.48 bits per heavy atom. The summed E-state index contributed by atoms with van der Waals surface area (Å²) in [5.74, 6) is 0.387. The molecular weight excluding hydrogens is 408 g/mol. The van der Waals surface area contributed by atoms with E-state index in [4.69, 9.17) is 0 Å². The Bertz CT molecular complexity index is 1200. The number of benzene rings is 2. The largest absolute Gasteiger partial charge is 0.333 e. The molecule has 5 rings (SSSR count). The van der Waals surface area contributed by atoms with E-state index in [2.05, 4.69) is 32.4 Å². The fourth-order valence-electron chi connectivity index (χ4n) is 3.69. The lowest BCUT2D eigenvalue weighted by molar-refractivity contribution is 0.0727. The van der Waals surface area contributed by atoms with Gasteiger partial charge in [0, 0.05) is 31.2 Å². The van der Waals surface area contributed by atoms with Gasteiger partial charge >= 0.3 is 0 Å². The monoisotopic (exact) mass is 428 g/mol. The van der Waals surface area contributed by atoms with E-state index in [9.17, 15) is 4.79 Å². The fraction of sp³-hybridized carbons (Fsp3) is 0.174. The van der Waals surface area contributed by atoms with Crippen molar-refractivity contribution in [1.29, 1.82) is 0 Å². The summed E-state index contributed by atoms with van der Waals surface area (Å²) < 4.78 is 1.74. The molecule has 1 amide bonds. The molecule has 0 atom stereocenters. The SMILES string of the molecule is O=C(c1nnn(-c2ccccc2)c1CSc1ncccn1)N1CCc2ccccc2C1. The van der Waals surface area contributed by atoms with Gasteiger partial charge in [0.05, 0.1) is 11.4 Å². The van der Waals surface area contributed by atoms with Gasteiger partial charge in [-0.15, -0.1) is 5.10 Å². The number of fused-ring (bicyclic) bond motifs is 1. The van der Waals surface area contributed by atoms with Crippen molar-refractivity contribution in [3.63, 3.8) is 0 Å². The standard InChI is InChI=1S/C23H20N6OS/c30-22(28-14-11-17-7-4-5-8-18(17)15-28)21-20(16-31-23-24-12-6-13-25-23)29(27-26-21)19-9-2-1-3-10-19/h1-10,12-13H,11,14-16H2. The molecule has 0 spiro atoms. The van der Waals surface area contributed by atoms with Gasteiger partial charge in [-0.25, -0.2) is 14.6 Å². The molecule has 0 fully saturated rings. The van der Waals surface area contributed by atoms with E-state index >= 15 is 0 Å². The summed E-state index contributed by atoms with van der Waals surface area (Å²) in [6.45, 7) is 1.25. The molecule has 8 heteroatoms. The summed E-state index contributed by atoms with van der Waals surface area (Å²) in [4.78, 5) is 23.9. The van der Waals surface area contributed by atoms with E-state index in [-0.39, 0.29) is 5.91 Å². The summed E-state index contributed by atoms with van der Waals surface area (Å²) in [5, 5.41) is 9.27. The number of thioether (sulfide) groups is 1. The molecule has 1 aliphatic rings. The van der Waals surface area contributed by atoms with E-state index in [1.807, 2.05) is 47.4 Å². The second-order valence-corrected chi connectivity index (χ2v) is 8.14. The van der Waals surface area contributed by atoms with Crippen LogP contribution in [-0.2, 0) is 18.7 Å². The van der Waals surface area contributed by atoms with Crippen molar-refractivity contribution in [2.24, 2.45) is 0 Å². The molecule has 1 aliphatic heterocycles. The normalized spacial score (nSPS) is 13.1. The second-order valence-electron chi connectivity index (χ2n) is 7.20. The Kier molecular flexibility index (Phi) is 5.45. The minimum absolute atomic E-state index is 0.0961. The Morgan fingerprint density at radius 2 is 1.68 bits per heavy atom. The molecule has 0 N–H and O–H groups in total. The van der Waals surface area contributed by atoms with Crippen LogP contribution in [0.1, 0.15) is 27.3 Å². The van der Waals surface area contributed by atoms with Gasteiger partial charge < -0.3 is 4.90 Å². The van der Waals surface area contributed by atoms with Gasteiger partial charge in [0.2, 0.25) is 0 Å². The van der Waals surface area contributed by atoms with Gasteiger partial charge in [-0.2, -0.15) is 0 Å². The molecule has 3 heterocycles. The van der Waals surface area contributed by atoms with Crippen LogP contribution in [-0.4, -0.2) is 42.3 Å². The van der Waals surface area contributed by atoms with Crippen molar-refractivity contribution in [2.45, 2.75) is 23.9 Å². The lowest BCUT2D eigenvalue weighted by Gasteiger charge is -2.28. The molecular formula is C23H20N6OS. The van der Waals surface area contributed by atoms with Crippen LogP contribution >= 0.6 is 11.8 Å². The average Bonchev–Trinajstić information content (AvgIpc) is 3.27. The highest BCUT2D eigenvalue weighted by Gasteiger charge is 2.28. The number of rotatable bonds is 5. The average molecular weight is 429 g/mol. The predicted molar refractivity (Wildman–Crippen MR) is 118 cm³/mol. The van der Waals surface area contributed by atoms with E-state index in [0.29, 0.717) is 29.7 Å². The van der Waals surface area contributed by atoms with Gasteiger partial charge in [-0.1, -0.05) is 59.4 Å². The second kappa shape index (κ2) is 8.69. The molecule has 2 aromatic heterocycles. The van der Waals surface area contributed by atoms with Gasteiger partial charge in [-0.05, 0) is 35.7 Å². The molecule has 0 saturated carbocycles. The Morgan fingerprint density at radius 1 is 0.935 bits per heavy atom. The van der Waals surface area contributed by atoms with Crippen molar-refractivity contribution in [3.8, 4) is 5.69 Å². The first kappa shape index (κ1) is 19.4. The van der Waals surface area contributed by atoms with Crippen molar-refractivity contribution in [3.05, 3.63) is 95.6 Å². The third-order valence-electron chi connectivity index (χ3n) is 5.26. The van der Waals surface area contributed by atoms with Crippen molar-refractivity contribution >= 4 is 17.7 Å². The molecule has 0 saturated heterocycles. The van der Waals surface area contributed by atoms with Gasteiger partial charge in [-0.3, -0.25) is 4.79 Å². The smallest absolute Gasteiger partial charge is 0.276 e. The number of hydrogen-bond acceptors (Lipinski definition) is 6. The summed E-state index contributed by atoms with van der Waals surface area (Å²) in [5.41, 5.74) is 4.48. The number of aromatic nitrogens is 5.